The highest BCUT2D eigenvalue weighted by Crippen LogP contribution is 2.50. The van der Waals surface area contributed by atoms with Crippen molar-refractivity contribution >= 4 is 5.97 Å². The summed E-state index contributed by atoms with van der Waals surface area (Å²) in [5.74, 6) is -0.157. The van der Waals surface area contributed by atoms with Gasteiger partial charge in [0.05, 0.1) is 13.0 Å². The number of rotatable bonds is 1. The Morgan fingerprint density at radius 1 is 1.27 bits per heavy atom. The lowest BCUT2D eigenvalue weighted by Gasteiger charge is -2.43. The number of ether oxygens (including phenoxy) is 1. The molecule has 0 heterocycles. The van der Waals surface area contributed by atoms with Crippen molar-refractivity contribution in [3.8, 4) is 0 Å². The van der Waals surface area contributed by atoms with Crippen molar-refractivity contribution in [1.29, 1.82) is 0 Å². The standard InChI is InChI=1S/C12H21NO2/c1-15-11(14)9-5-4-8-12(10(9)13)6-2-3-7-12/h9-10H,2-8,13H2,1H3. The van der Waals surface area contributed by atoms with Gasteiger partial charge in [-0.05, 0) is 31.1 Å². The topological polar surface area (TPSA) is 52.3 Å². The van der Waals surface area contributed by atoms with Crippen molar-refractivity contribution in [3.63, 3.8) is 0 Å². The molecule has 3 nitrogen and oxygen atoms in total. The smallest absolute Gasteiger partial charge is 0.310 e. The third-order valence-electron chi connectivity index (χ3n) is 4.43. The highest BCUT2D eigenvalue weighted by Gasteiger charge is 2.47. The minimum atomic E-state index is -0.103. The summed E-state index contributed by atoms with van der Waals surface area (Å²) in [4.78, 5) is 11.6. The quantitative estimate of drug-likeness (QED) is 0.673. The lowest BCUT2D eigenvalue weighted by molar-refractivity contribution is -0.149. The minimum absolute atomic E-state index is 0.0289. The number of esters is 1. The Morgan fingerprint density at radius 3 is 2.47 bits per heavy atom. The van der Waals surface area contributed by atoms with Gasteiger partial charge in [-0.15, -0.1) is 0 Å². The first kappa shape index (κ1) is 10.9. The zero-order valence-electron chi connectivity index (χ0n) is 9.50. The second-order valence-electron chi connectivity index (χ2n) is 5.12. The molecule has 0 amide bonds. The SMILES string of the molecule is COC(=O)C1CCCC2(CCCC2)C1N. The van der Waals surface area contributed by atoms with Gasteiger partial charge in [0, 0.05) is 6.04 Å². The van der Waals surface area contributed by atoms with Crippen LogP contribution in [0.1, 0.15) is 44.9 Å². The van der Waals surface area contributed by atoms with Gasteiger partial charge in [-0.1, -0.05) is 19.3 Å². The Kier molecular flexibility index (Phi) is 3.01. The first-order chi connectivity index (χ1) is 7.19. The summed E-state index contributed by atoms with van der Waals surface area (Å²) >= 11 is 0. The maximum Gasteiger partial charge on any atom is 0.310 e. The van der Waals surface area contributed by atoms with Crippen LogP contribution >= 0.6 is 0 Å². The molecule has 0 aromatic carbocycles. The van der Waals surface area contributed by atoms with E-state index in [1.165, 1.54) is 39.2 Å². The van der Waals surface area contributed by atoms with Crippen molar-refractivity contribution in [2.75, 3.05) is 7.11 Å². The zero-order valence-corrected chi connectivity index (χ0v) is 9.50. The number of carbonyl (C=O) groups is 1. The predicted molar refractivity (Wildman–Crippen MR) is 58.2 cm³/mol. The van der Waals surface area contributed by atoms with Gasteiger partial charge in [-0.2, -0.15) is 0 Å². The average Bonchev–Trinajstić information content (AvgIpc) is 2.71. The van der Waals surface area contributed by atoms with Crippen LogP contribution in [0.15, 0.2) is 0 Å². The van der Waals surface area contributed by atoms with Crippen molar-refractivity contribution in [2.45, 2.75) is 51.0 Å². The molecular formula is C12H21NO2. The van der Waals surface area contributed by atoms with Crippen LogP contribution in [0.2, 0.25) is 0 Å². The zero-order chi connectivity index (χ0) is 10.9. The fourth-order valence-electron chi connectivity index (χ4n) is 3.53. The Morgan fingerprint density at radius 2 is 1.87 bits per heavy atom. The van der Waals surface area contributed by atoms with Crippen LogP contribution in [0.3, 0.4) is 0 Å². The largest absolute Gasteiger partial charge is 0.469 e. The third kappa shape index (κ3) is 1.78. The molecule has 2 aliphatic carbocycles. The number of hydrogen-bond acceptors (Lipinski definition) is 3. The Balaban J connectivity index is 2.12. The second kappa shape index (κ2) is 4.12. The monoisotopic (exact) mass is 211 g/mol. The molecule has 2 N–H and O–H groups in total. The molecule has 2 atom stereocenters. The molecule has 3 heteroatoms. The molecule has 2 fully saturated rings. The normalized spacial score (nSPS) is 34.3. The summed E-state index contributed by atoms with van der Waals surface area (Å²) in [6.07, 6.45) is 8.23. The molecular weight excluding hydrogens is 190 g/mol. The van der Waals surface area contributed by atoms with Gasteiger partial charge in [0.2, 0.25) is 0 Å². The number of carbonyl (C=O) groups excluding carboxylic acids is 1. The van der Waals surface area contributed by atoms with E-state index in [1.807, 2.05) is 0 Å². The maximum atomic E-state index is 11.6. The van der Waals surface area contributed by atoms with Crippen molar-refractivity contribution in [2.24, 2.45) is 17.1 Å². The number of nitrogens with two attached hydrogens (primary N) is 1. The van der Waals surface area contributed by atoms with Gasteiger partial charge < -0.3 is 10.5 Å². The molecule has 2 aliphatic rings. The first-order valence-electron chi connectivity index (χ1n) is 6.03. The molecule has 2 saturated carbocycles. The van der Waals surface area contributed by atoms with Crippen LogP contribution in [0, 0.1) is 11.3 Å². The Labute approximate surface area is 91.4 Å². The highest BCUT2D eigenvalue weighted by molar-refractivity contribution is 5.73. The van der Waals surface area contributed by atoms with Crippen molar-refractivity contribution in [3.05, 3.63) is 0 Å². The molecule has 2 unspecified atom stereocenters. The van der Waals surface area contributed by atoms with Gasteiger partial charge in [0.1, 0.15) is 0 Å². The number of methoxy groups -OCH3 is 1. The maximum absolute atomic E-state index is 11.6. The third-order valence-corrected chi connectivity index (χ3v) is 4.43. The molecule has 1 spiro atoms. The lowest BCUT2D eigenvalue weighted by atomic mass is 9.65. The fraction of sp³-hybridized carbons (Fsp3) is 0.917. The molecule has 0 bridgehead atoms. The number of hydrogen-bond donors (Lipinski definition) is 1. The molecule has 0 radical (unpaired) electrons. The minimum Gasteiger partial charge on any atom is -0.469 e. The Bertz CT molecular complexity index is 246. The van der Waals surface area contributed by atoms with Gasteiger partial charge in [0.25, 0.3) is 0 Å². The summed E-state index contributed by atoms with van der Waals surface area (Å²) in [5, 5.41) is 0. The second-order valence-corrected chi connectivity index (χ2v) is 5.12. The van der Waals surface area contributed by atoms with E-state index >= 15 is 0 Å². The van der Waals surface area contributed by atoms with E-state index in [9.17, 15) is 4.79 Å². The Hall–Kier alpha value is -0.570. The van der Waals surface area contributed by atoms with E-state index in [0.29, 0.717) is 0 Å². The molecule has 15 heavy (non-hydrogen) atoms. The molecule has 0 saturated heterocycles. The van der Waals surface area contributed by atoms with Crippen molar-refractivity contribution in [1.82, 2.24) is 0 Å². The molecule has 0 aliphatic heterocycles. The van der Waals surface area contributed by atoms with Crippen molar-refractivity contribution < 1.29 is 9.53 Å². The van der Waals surface area contributed by atoms with E-state index < -0.39 is 0 Å². The summed E-state index contributed by atoms with van der Waals surface area (Å²) in [7, 11) is 1.46. The molecule has 86 valence electrons. The fourth-order valence-corrected chi connectivity index (χ4v) is 3.53. The van der Waals surface area contributed by atoms with Gasteiger partial charge in [-0.3, -0.25) is 4.79 Å². The van der Waals surface area contributed by atoms with Gasteiger partial charge >= 0.3 is 5.97 Å². The lowest BCUT2D eigenvalue weighted by Crippen LogP contribution is -2.51. The van der Waals surface area contributed by atoms with Crippen LogP contribution in [0.25, 0.3) is 0 Å². The van der Waals surface area contributed by atoms with E-state index in [2.05, 4.69) is 0 Å². The van der Waals surface area contributed by atoms with E-state index in [-0.39, 0.29) is 23.3 Å². The average molecular weight is 211 g/mol. The molecule has 0 aromatic rings. The van der Waals surface area contributed by atoms with Gasteiger partial charge in [-0.25, -0.2) is 0 Å². The molecule has 2 rings (SSSR count). The van der Waals surface area contributed by atoms with E-state index in [0.717, 1.165) is 12.8 Å². The summed E-state index contributed by atoms with van der Waals surface area (Å²) in [5.41, 5.74) is 6.56. The van der Waals surface area contributed by atoms with E-state index in [4.69, 9.17) is 10.5 Å². The highest BCUT2D eigenvalue weighted by atomic mass is 16.5. The predicted octanol–water partition coefficient (Wildman–Crippen LogP) is 1.85. The summed E-state index contributed by atoms with van der Waals surface area (Å²) < 4.78 is 4.84. The summed E-state index contributed by atoms with van der Waals surface area (Å²) in [6.45, 7) is 0. The van der Waals surface area contributed by atoms with Crippen LogP contribution in [-0.2, 0) is 9.53 Å². The first-order valence-corrected chi connectivity index (χ1v) is 6.03. The molecule has 0 aromatic heterocycles. The van der Waals surface area contributed by atoms with Crippen LogP contribution in [0.5, 0.6) is 0 Å². The summed E-state index contributed by atoms with van der Waals surface area (Å²) in [6, 6.07) is 0.0289. The van der Waals surface area contributed by atoms with Gasteiger partial charge in [0.15, 0.2) is 0 Å². The van der Waals surface area contributed by atoms with Crippen LogP contribution in [0.4, 0.5) is 0 Å². The van der Waals surface area contributed by atoms with Crippen LogP contribution < -0.4 is 5.73 Å². The van der Waals surface area contributed by atoms with E-state index in [1.54, 1.807) is 0 Å². The van der Waals surface area contributed by atoms with Crippen LogP contribution in [-0.4, -0.2) is 19.1 Å².